The van der Waals surface area contributed by atoms with Crippen molar-refractivity contribution >= 4 is 109 Å². The van der Waals surface area contributed by atoms with Crippen LogP contribution in [0.2, 0.25) is 0 Å². The van der Waals surface area contributed by atoms with Crippen molar-refractivity contribution in [1.82, 2.24) is 32.8 Å². The quantitative estimate of drug-likeness (QED) is 0.112. The predicted molar refractivity (Wildman–Crippen MR) is 617 cm³/mol. The van der Waals surface area contributed by atoms with Crippen LogP contribution in [0.3, 0.4) is 0 Å². The monoisotopic (exact) mass is 1920 g/mol. The van der Waals surface area contributed by atoms with Crippen LogP contribution >= 0.6 is 0 Å². The summed E-state index contributed by atoms with van der Waals surface area (Å²) in [5.41, 5.74) is 33.8. The molecule has 25 aromatic rings. The van der Waals surface area contributed by atoms with Gasteiger partial charge < -0.3 is 9.13 Å². The molecule has 0 atom stereocenters. The molecule has 0 amide bonds. The number of nitrogens with zero attached hydrogens (tertiary/aromatic N) is 11. The topological polar surface area (TPSA) is 146 Å². The summed E-state index contributed by atoms with van der Waals surface area (Å²) in [5, 5.41) is 54.4. The van der Waals surface area contributed by atoms with Gasteiger partial charge in [0.2, 0.25) is 0 Å². The van der Waals surface area contributed by atoms with Crippen molar-refractivity contribution in [1.29, 1.82) is 21.0 Å². The summed E-state index contributed by atoms with van der Waals surface area (Å²) >= 11 is 0. The van der Waals surface area contributed by atoms with E-state index in [0.29, 0.717) is 33.9 Å². The molecule has 0 aliphatic heterocycles. The highest BCUT2D eigenvalue weighted by molar-refractivity contribution is 6.18. The van der Waals surface area contributed by atoms with E-state index >= 15 is 0 Å². The van der Waals surface area contributed by atoms with E-state index in [1.807, 2.05) is 30.5 Å². The van der Waals surface area contributed by atoms with Crippen molar-refractivity contribution in [2.45, 2.75) is 105 Å². The number of hydrogen-bond donors (Lipinski definition) is 0. The Hall–Kier alpha value is -18.8. The largest absolute Gasteiger partial charge is 0.307 e. The van der Waals surface area contributed by atoms with Crippen molar-refractivity contribution in [2.24, 2.45) is 0 Å². The Morgan fingerprint density at radius 1 is 0.201 bits per heavy atom. The van der Waals surface area contributed by atoms with E-state index in [2.05, 4.69) is 506 Å². The molecule has 712 valence electrons. The summed E-state index contributed by atoms with van der Waals surface area (Å²) in [4.78, 5) is 11.5. The first-order valence-electron chi connectivity index (χ1n) is 51.0. The van der Waals surface area contributed by atoms with E-state index in [1.165, 1.54) is 43.8 Å². The molecule has 11 heteroatoms. The Morgan fingerprint density at radius 2 is 0.450 bits per heavy atom. The van der Waals surface area contributed by atoms with Gasteiger partial charge in [-0.05, 0) is 256 Å². The molecule has 25 rings (SSSR count). The Bertz CT molecular complexity index is 9520. The Balaban J connectivity index is 0.000000176. The second-order valence-corrected chi connectivity index (χ2v) is 43.4. The van der Waals surface area contributed by atoms with Crippen LogP contribution in [0.1, 0.15) is 128 Å². The molecule has 0 radical (unpaired) electrons. The van der Waals surface area contributed by atoms with Crippen LogP contribution in [0.4, 0.5) is 0 Å². The molecule has 18 aromatic carbocycles. The molecule has 149 heavy (non-hydrogen) atoms. The van der Waals surface area contributed by atoms with Gasteiger partial charge in [0.25, 0.3) is 0 Å². The first-order chi connectivity index (χ1) is 72.2. The molecule has 0 bridgehead atoms. The van der Waals surface area contributed by atoms with E-state index in [-0.39, 0.29) is 32.8 Å². The summed E-state index contributed by atoms with van der Waals surface area (Å²) in [6, 6.07) is 156. The van der Waals surface area contributed by atoms with Gasteiger partial charge in [0.05, 0.1) is 95.0 Å². The van der Waals surface area contributed by atoms with Crippen LogP contribution in [0.5, 0.6) is 0 Å². The fourth-order valence-electron chi connectivity index (χ4n) is 22.2. The van der Waals surface area contributed by atoms with Crippen molar-refractivity contribution < 1.29 is 0 Å². The van der Waals surface area contributed by atoms with Gasteiger partial charge in [-0.2, -0.15) is 21.0 Å². The first kappa shape index (κ1) is 92.6. The van der Waals surface area contributed by atoms with Crippen LogP contribution in [0, 0.1) is 45.3 Å². The number of benzene rings is 18. The van der Waals surface area contributed by atoms with Crippen molar-refractivity contribution in [3.8, 4) is 142 Å². The molecule has 7 aromatic heterocycles. The minimum Gasteiger partial charge on any atom is -0.307 e. The summed E-state index contributed by atoms with van der Waals surface area (Å²) in [6.45, 7) is 27.0. The SMILES string of the molecule is CC(C)(C)c1ccc2c(c1)c1cc(C(C)(C)C)ccc1n2-c1cc(-c2cccc(C#N)c2C#N)c(-n2c3ccc(C(C)(C)C)cc3c3cc(C(C)(C)C)ccc32)cn1.N#Cc1cccc(-c2cc(-n3c4ccc(-c5ccccc5)cc4c4cc(-c5ccccc5)ccc43)nc(-n3c4ccc(-c5ccccc5)cc4c4cc(-c5ccccc5)ccc43)c2-n2c3ccc(-c4ccccc4)cc3c3cc(-c4ccccc4)ccc32)c1C#N. The van der Waals surface area contributed by atoms with E-state index < -0.39 is 0 Å². The zero-order valence-electron chi connectivity index (χ0n) is 85.3. The smallest absolute Gasteiger partial charge is 0.165 e. The van der Waals surface area contributed by atoms with Crippen LogP contribution < -0.4 is 0 Å². The molecule has 0 aliphatic rings. The molecule has 0 aliphatic carbocycles. The highest BCUT2D eigenvalue weighted by atomic mass is 15.2. The summed E-state index contributed by atoms with van der Waals surface area (Å²) in [7, 11) is 0. The number of nitriles is 4. The molecule has 0 fully saturated rings. The fourth-order valence-corrected chi connectivity index (χ4v) is 22.2. The fraction of sp³-hybridized carbons (Fsp3) is 0.116. The van der Waals surface area contributed by atoms with E-state index in [9.17, 15) is 21.0 Å². The van der Waals surface area contributed by atoms with Crippen molar-refractivity contribution in [2.75, 3.05) is 0 Å². The third-order valence-corrected chi connectivity index (χ3v) is 30.1. The highest BCUT2D eigenvalue weighted by Crippen LogP contribution is 2.51. The van der Waals surface area contributed by atoms with Gasteiger partial charge in [0.1, 0.15) is 35.9 Å². The van der Waals surface area contributed by atoms with E-state index in [1.54, 1.807) is 12.1 Å². The summed E-state index contributed by atoms with van der Waals surface area (Å²) in [5.74, 6) is 2.01. The highest BCUT2D eigenvalue weighted by Gasteiger charge is 2.33. The summed E-state index contributed by atoms with van der Waals surface area (Å²) < 4.78 is 11.6. The van der Waals surface area contributed by atoms with Crippen LogP contribution in [0.15, 0.2) is 419 Å². The van der Waals surface area contributed by atoms with Gasteiger partial charge in [-0.25, -0.2) is 9.97 Å². The summed E-state index contributed by atoms with van der Waals surface area (Å²) in [6.07, 6.45) is 1.96. The number of aromatic nitrogens is 7. The minimum atomic E-state index is -0.0400. The molecule has 0 saturated heterocycles. The maximum absolute atomic E-state index is 11.6. The lowest BCUT2D eigenvalue weighted by Crippen LogP contribution is -2.12. The number of pyridine rings is 2. The average Bonchev–Trinajstić information content (AvgIpc) is 1.55. The zero-order valence-corrected chi connectivity index (χ0v) is 85.3. The van der Waals surface area contributed by atoms with Gasteiger partial charge in [-0.3, -0.25) is 13.7 Å². The first-order valence-corrected chi connectivity index (χ1v) is 51.0. The molecule has 0 N–H and O–H groups in total. The van der Waals surface area contributed by atoms with E-state index in [0.717, 1.165) is 183 Å². The maximum atomic E-state index is 11.6. The lowest BCUT2D eigenvalue weighted by atomic mass is 9.85. The zero-order chi connectivity index (χ0) is 102. The third-order valence-electron chi connectivity index (χ3n) is 30.1. The van der Waals surface area contributed by atoms with Gasteiger partial charge in [-0.1, -0.05) is 350 Å². The molecule has 0 spiro atoms. The third kappa shape index (κ3) is 16.1. The normalized spacial score (nSPS) is 12.0. The van der Waals surface area contributed by atoms with Gasteiger partial charge in [-0.15, -0.1) is 0 Å². The molecule has 0 unspecified atom stereocenters. The van der Waals surface area contributed by atoms with Crippen molar-refractivity contribution in [3.05, 3.63) is 463 Å². The molecule has 7 heterocycles. The average molecular weight is 1920 g/mol. The second kappa shape index (κ2) is 36.2. The standard InChI is InChI=1S/C85H52N6.C53H53N5/c86-53-67-32-19-33-68(76(67)54-87)75-52-83(89-77-40-34-61(55-20-7-1-8-21-55)46-69(77)70-47-62(35-41-78(70)89)56-22-9-2-10-23-56)88-85(91-81-44-38-65(59-28-15-5-16-29-59)50-73(81)74-51-66(39-45-82(74)91)60-30-17-6-18-31-60)84(75)90-79-42-36-63(57-24-11-3-12-25-57)48-71(79)72-49-64(37-43-80(72)90)58-26-13-4-14-27-58;1-50(2,3)33-16-20-44-38(24-33)39-25-34(51(4,5)6)17-21-45(39)57(44)48-31-56-49(28-42(48)37-15-13-14-32(29-54)43(37)30-55)58-46-22-18-35(52(7,8)9)26-40(46)41-27-36(53(10,11)12)19-23-47(41)58/h1-52H;13-28,31H,1-12H3. The van der Waals surface area contributed by atoms with Gasteiger partial charge in [0, 0.05) is 76.1 Å². The predicted octanol–water partition coefficient (Wildman–Crippen LogP) is 35.7. The van der Waals surface area contributed by atoms with E-state index in [4.69, 9.17) is 9.97 Å². The second-order valence-electron chi connectivity index (χ2n) is 43.4. The molecular formula is C138H105N11. The maximum Gasteiger partial charge on any atom is 0.165 e. The van der Waals surface area contributed by atoms with Gasteiger partial charge in [0.15, 0.2) is 5.82 Å². The number of fused-ring (bicyclic) bond motifs is 15. The van der Waals surface area contributed by atoms with Crippen LogP contribution in [-0.4, -0.2) is 32.8 Å². The van der Waals surface area contributed by atoms with Crippen LogP contribution in [0.25, 0.3) is 227 Å². The van der Waals surface area contributed by atoms with Crippen molar-refractivity contribution in [3.63, 3.8) is 0 Å². The lowest BCUT2D eigenvalue weighted by Gasteiger charge is -2.23. The Labute approximate surface area is 866 Å². The molecular weight excluding hydrogens is 1810 g/mol. The number of hydrogen-bond acceptors (Lipinski definition) is 6. The molecule has 11 nitrogen and oxygen atoms in total. The van der Waals surface area contributed by atoms with Gasteiger partial charge >= 0.3 is 0 Å². The lowest BCUT2D eigenvalue weighted by molar-refractivity contribution is 0.590. The van der Waals surface area contributed by atoms with Crippen LogP contribution in [-0.2, 0) is 21.7 Å². The number of rotatable bonds is 13. The Kier molecular flexibility index (Phi) is 22.5. The molecule has 0 saturated carbocycles. The Morgan fingerprint density at radius 3 is 0.732 bits per heavy atom. The minimum absolute atomic E-state index is 0.0274.